The average molecular weight is 202 g/mol. The maximum atomic E-state index is 5.06. The van der Waals surface area contributed by atoms with E-state index in [0.717, 1.165) is 12.2 Å². The Morgan fingerprint density at radius 2 is 1.57 bits per heavy atom. The molecule has 0 aliphatic heterocycles. The van der Waals surface area contributed by atoms with Crippen molar-refractivity contribution in [3.8, 4) is 0 Å². The van der Waals surface area contributed by atoms with E-state index >= 15 is 0 Å². The number of ether oxygens (including phenoxy) is 1. The average Bonchev–Trinajstić information content (AvgIpc) is 2.24. The van der Waals surface area contributed by atoms with Crippen molar-refractivity contribution < 1.29 is 4.74 Å². The summed E-state index contributed by atoms with van der Waals surface area (Å²) in [6, 6.07) is 0. The lowest BCUT2D eigenvalue weighted by Gasteiger charge is -2.02. The predicted octanol–water partition coefficient (Wildman–Crippen LogP) is 5.17. The smallest absolute Gasteiger partial charge is 0.0912 e. The summed E-state index contributed by atoms with van der Waals surface area (Å²) >= 11 is 0. The molecule has 0 aromatic rings. The molecule has 1 heteroatoms. The van der Waals surface area contributed by atoms with E-state index in [1.165, 1.54) is 19.3 Å². The summed E-state index contributed by atoms with van der Waals surface area (Å²) in [6.07, 6.45) is 6.83. The molecule has 0 aromatic heterocycles. The van der Waals surface area contributed by atoms with E-state index < -0.39 is 0 Å². The molecule has 88 valence electrons. The first kappa shape index (κ1) is 19.2. The second-order valence-corrected chi connectivity index (χ2v) is 2.77. The molecule has 1 nitrogen and oxygen atoms in total. The molecular weight excluding hydrogens is 172 g/mol. The van der Waals surface area contributed by atoms with Crippen LogP contribution in [-0.2, 0) is 4.74 Å². The fraction of sp³-hybridized carbons (Fsp3) is 0.846. The maximum Gasteiger partial charge on any atom is 0.0912 e. The lowest BCUT2D eigenvalue weighted by Crippen LogP contribution is -1.85. The molecule has 0 fully saturated rings. The van der Waals surface area contributed by atoms with Crippen molar-refractivity contribution in [3.63, 3.8) is 0 Å². The standard InChI is InChI=1S/C8H16O.C3H8.C2H6/c1-4-6-7-8(5-2)9-3;1-3-2;1-2/h5H,4,6-7H2,1-3H3;3H2,1-2H3;1-2H3/b8-5-;;. The van der Waals surface area contributed by atoms with Gasteiger partial charge < -0.3 is 4.74 Å². The minimum absolute atomic E-state index is 1.09. The summed E-state index contributed by atoms with van der Waals surface area (Å²) in [5, 5.41) is 0. The molecule has 0 aromatic carbocycles. The van der Waals surface area contributed by atoms with Crippen LogP contribution in [0.1, 0.15) is 67.2 Å². The van der Waals surface area contributed by atoms with E-state index in [-0.39, 0.29) is 0 Å². The van der Waals surface area contributed by atoms with Gasteiger partial charge in [-0.15, -0.1) is 0 Å². The van der Waals surface area contributed by atoms with Gasteiger partial charge in [0.05, 0.1) is 12.9 Å². The highest BCUT2D eigenvalue weighted by molar-refractivity contribution is 4.89. The zero-order chi connectivity index (χ0) is 11.8. The minimum atomic E-state index is 1.09. The molecule has 0 bridgehead atoms. The summed E-state index contributed by atoms with van der Waals surface area (Å²) in [5.41, 5.74) is 0. The van der Waals surface area contributed by atoms with Crippen molar-refractivity contribution in [1.29, 1.82) is 0 Å². The third kappa shape index (κ3) is 22.5. The van der Waals surface area contributed by atoms with Crippen LogP contribution >= 0.6 is 0 Å². The van der Waals surface area contributed by atoms with Crippen LogP contribution in [0, 0.1) is 0 Å². The van der Waals surface area contributed by atoms with Crippen molar-refractivity contribution in [2.75, 3.05) is 7.11 Å². The fourth-order valence-corrected chi connectivity index (χ4v) is 0.715. The van der Waals surface area contributed by atoms with Gasteiger partial charge >= 0.3 is 0 Å². The Kier molecular flexibility index (Phi) is 31.3. The van der Waals surface area contributed by atoms with Gasteiger partial charge in [0.1, 0.15) is 0 Å². The fourth-order valence-electron chi connectivity index (χ4n) is 0.715. The van der Waals surface area contributed by atoms with Gasteiger partial charge in [-0.05, 0) is 19.4 Å². The molecule has 0 unspecified atom stereocenters. The Hall–Kier alpha value is -0.460. The van der Waals surface area contributed by atoms with Gasteiger partial charge in [0.15, 0.2) is 0 Å². The van der Waals surface area contributed by atoms with Gasteiger partial charge in [-0.3, -0.25) is 0 Å². The van der Waals surface area contributed by atoms with E-state index in [2.05, 4.69) is 20.8 Å². The van der Waals surface area contributed by atoms with Crippen LogP contribution in [0.5, 0.6) is 0 Å². The Balaban J connectivity index is -0.000000205. The highest BCUT2D eigenvalue weighted by Gasteiger charge is 1.90. The lowest BCUT2D eigenvalue weighted by molar-refractivity contribution is 0.274. The van der Waals surface area contributed by atoms with Crippen molar-refractivity contribution in [2.24, 2.45) is 0 Å². The second-order valence-electron chi connectivity index (χ2n) is 2.77. The second kappa shape index (κ2) is 22.9. The lowest BCUT2D eigenvalue weighted by atomic mass is 10.2. The molecule has 0 amide bonds. The highest BCUT2D eigenvalue weighted by atomic mass is 16.5. The van der Waals surface area contributed by atoms with E-state index in [9.17, 15) is 0 Å². The van der Waals surface area contributed by atoms with E-state index in [0.29, 0.717) is 0 Å². The molecule has 0 radical (unpaired) electrons. The van der Waals surface area contributed by atoms with Crippen LogP contribution in [0.3, 0.4) is 0 Å². The van der Waals surface area contributed by atoms with Crippen LogP contribution < -0.4 is 0 Å². The molecule has 0 saturated carbocycles. The number of rotatable bonds is 4. The van der Waals surface area contributed by atoms with E-state index in [4.69, 9.17) is 4.74 Å². The van der Waals surface area contributed by atoms with Crippen molar-refractivity contribution >= 4 is 0 Å². The highest BCUT2D eigenvalue weighted by Crippen LogP contribution is 2.06. The molecule has 0 spiro atoms. The quantitative estimate of drug-likeness (QED) is 0.571. The molecule has 0 atom stereocenters. The van der Waals surface area contributed by atoms with Gasteiger partial charge in [0.2, 0.25) is 0 Å². The Morgan fingerprint density at radius 1 is 1.14 bits per heavy atom. The van der Waals surface area contributed by atoms with Crippen LogP contribution in [0.25, 0.3) is 0 Å². The Bertz CT molecular complexity index is 95.4. The molecule has 0 aliphatic carbocycles. The number of unbranched alkanes of at least 4 members (excludes halogenated alkanes) is 1. The maximum absolute atomic E-state index is 5.06. The molecule has 0 saturated heterocycles. The first-order valence-corrected chi connectivity index (χ1v) is 5.95. The largest absolute Gasteiger partial charge is 0.501 e. The van der Waals surface area contributed by atoms with Crippen LogP contribution in [-0.4, -0.2) is 7.11 Å². The summed E-state index contributed by atoms with van der Waals surface area (Å²) in [7, 11) is 1.73. The normalized spacial score (nSPS) is 9.21. The third-order valence-electron chi connectivity index (χ3n) is 1.36. The van der Waals surface area contributed by atoms with Crippen molar-refractivity contribution in [3.05, 3.63) is 11.8 Å². The first-order valence-electron chi connectivity index (χ1n) is 5.95. The van der Waals surface area contributed by atoms with Crippen molar-refractivity contribution in [2.45, 2.75) is 67.2 Å². The Morgan fingerprint density at radius 3 is 1.79 bits per heavy atom. The molecular formula is C13H30O. The van der Waals surface area contributed by atoms with Gasteiger partial charge in [-0.1, -0.05) is 47.5 Å². The van der Waals surface area contributed by atoms with Crippen LogP contribution in [0.2, 0.25) is 0 Å². The monoisotopic (exact) mass is 202 g/mol. The Labute approximate surface area is 91.6 Å². The topological polar surface area (TPSA) is 9.23 Å². The van der Waals surface area contributed by atoms with E-state index in [1.807, 2.05) is 26.8 Å². The number of methoxy groups -OCH3 is 1. The van der Waals surface area contributed by atoms with Gasteiger partial charge in [0, 0.05) is 6.42 Å². The molecule has 0 rings (SSSR count). The van der Waals surface area contributed by atoms with Crippen molar-refractivity contribution in [1.82, 2.24) is 0 Å². The molecule has 0 N–H and O–H groups in total. The molecule has 14 heavy (non-hydrogen) atoms. The zero-order valence-electron chi connectivity index (χ0n) is 11.3. The predicted molar refractivity (Wildman–Crippen MR) is 67.6 cm³/mol. The summed E-state index contributed by atoms with van der Waals surface area (Å²) in [5.74, 6) is 1.11. The third-order valence-corrected chi connectivity index (χ3v) is 1.36. The van der Waals surface area contributed by atoms with Crippen LogP contribution in [0.4, 0.5) is 0 Å². The minimum Gasteiger partial charge on any atom is -0.501 e. The summed E-state index contributed by atoms with van der Waals surface area (Å²) in [4.78, 5) is 0. The number of hydrogen-bond donors (Lipinski definition) is 0. The zero-order valence-corrected chi connectivity index (χ0v) is 11.3. The summed E-state index contributed by atoms with van der Waals surface area (Å²) in [6.45, 7) is 12.4. The first-order chi connectivity index (χ1) is 6.76. The van der Waals surface area contributed by atoms with Gasteiger partial charge in [-0.2, -0.15) is 0 Å². The molecule has 0 aliphatic rings. The number of hydrogen-bond acceptors (Lipinski definition) is 1. The van der Waals surface area contributed by atoms with Gasteiger partial charge in [-0.25, -0.2) is 0 Å². The van der Waals surface area contributed by atoms with Crippen LogP contribution in [0.15, 0.2) is 11.8 Å². The van der Waals surface area contributed by atoms with Gasteiger partial charge in [0.25, 0.3) is 0 Å². The summed E-state index contributed by atoms with van der Waals surface area (Å²) < 4.78 is 5.06. The van der Waals surface area contributed by atoms with E-state index in [1.54, 1.807) is 7.11 Å². The molecule has 0 heterocycles. The number of allylic oxidation sites excluding steroid dienone is 2. The SMILES string of the molecule is C/C=C(/CCCC)OC.CC.CCC.